The fraction of sp³-hybridized carbons (Fsp3) is 0.278. The van der Waals surface area contributed by atoms with Gasteiger partial charge in [-0.05, 0) is 42.8 Å². The summed E-state index contributed by atoms with van der Waals surface area (Å²) in [6.45, 7) is 1.77. The number of amides is 1. The van der Waals surface area contributed by atoms with E-state index in [4.69, 9.17) is 0 Å². The van der Waals surface area contributed by atoms with Crippen LogP contribution >= 0.6 is 0 Å². The Morgan fingerprint density at radius 2 is 1.69 bits per heavy atom. The second kappa shape index (κ2) is 6.91. The van der Waals surface area contributed by atoms with Gasteiger partial charge in [-0.25, -0.2) is 9.97 Å². The first-order chi connectivity index (χ1) is 12.4. The second-order valence-electron chi connectivity index (χ2n) is 6.39. The van der Waals surface area contributed by atoms with E-state index in [9.17, 15) is 9.70 Å². The Bertz CT molecular complexity index is 1000. The minimum atomic E-state index is -0.321. The molecule has 1 amide bonds. The van der Waals surface area contributed by atoms with Crippen LogP contribution in [-0.2, 0) is 4.79 Å². The van der Waals surface area contributed by atoms with Crippen molar-refractivity contribution in [3.63, 3.8) is 0 Å². The van der Waals surface area contributed by atoms with Crippen LogP contribution in [0.1, 0.15) is 5.56 Å². The van der Waals surface area contributed by atoms with Crippen molar-refractivity contribution < 1.29 is 4.79 Å². The molecule has 0 aliphatic carbocycles. The molecule has 0 atom stereocenters. The number of nitrogens with one attached hydrogen (secondary N) is 1. The van der Waals surface area contributed by atoms with Crippen molar-refractivity contribution in [1.29, 1.82) is 0 Å². The van der Waals surface area contributed by atoms with Crippen molar-refractivity contribution in [2.75, 3.05) is 37.9 Å². The summed E-state index contributed by atoms with van der Waals surface area (Å²) in [5.74, 6) is -0.321. The molecular formula is C18H20N6O2. The molecule has 0 unspecified atom stereocenters. The summed E-state index contributed by atoms with van der Waals surface area (Å²) < 4.78 is 0. The number of nitroso groups, excluding NO2 is 1. The number of hydrogen-bond acceptors (Lipinski definition) is 6. The predicted octanol–water partition coefficient (Wildman–Crippen LogP) is 2.71. The van der Waals surface area contributed by atoms with Gasteiger partial charge in [0.1, 0.15) is 6.54 Å². The quantitative estimate of drug-likeness (QED) is 0.431. The van der Waals surface area contributed by atoms with Crippen LogP contribution in [0.2, 0.25) is 0 Å². The van der Waals surface area contributed by atoms with Crippen molar-refractivity contribution in [1.82, 2.24) is 15.0 Å². The van der Waals surface area contributed by atoms with Crippen LogP contribution in [0.5, 0.6) is 0 Å². The lowest BCUT2D eigenvalue weighted by Crippen LogP contribution is -2.26. The number of anilines is 2. The number of carbonyl (C=O) groups excluding carboxylic acids is 1. The minimum absolute atomic E-state index is 0.115. The molecule has 0 bridgehead atoms. The molecule has 0 aliphatic rings. The Labute approximate surface area is 150 Å². The van der Waals surface area contributed by atoms with E-state index >= 15 is 0 Å². The lowest BCUT2D eigenvalue weighted by atomic mass is 10.1. The molecule has 0 saturated heterocycles. The molecule has 1 N–H and O–H groups in total. The number of nitrogens with zero attached hydrogens (tertiary/aromatic N) is 5. The van der Waals surface area contributed by atoms with E-state index in [1.807, 2.05) is 50.2 Å². The molecule has 1 heterocycles. The van der Waals surface area contributed by atoms with Crippen LogP contribution in [0.25, 0.3) is 22.1 Å². The van der Waals surface area contributed by atoms with Gasteiger partial charge in [0.2, 0.25) is 5.91 Å². The molecule has 0 radical (unpaired) electrons. The van der Waals surface area contributed by atoms with Gasteiger partial charge in [0, 0.05) is 32.5 Å². The molecule has 3 aromatic rings. The van der Waals surface area contributed by atoms with Gasteiger partial charge in [0.25, 0.3) is 0 Å². The van der Waals surface area contributed by atoms with E-state index in [0.29, 0.717) is 11.2 Å². The monoisotopic (exact) mass is 352 g/mol. The fourth-order valence-corrected chi connectivity index (χ4v) is 2.66. The highest BCUT2D eigenvalue weighted by Crippen LogP contribution is 2.25. The highest BCUT2D eigenvalue weighted by molar-refractivity contribution is 5.96. The Morgan fingerprint density at radius 1 is 1.04 bits per heavy atom. The molecular weight excluding hydrogens is 332 g/mol. The number of aromatic nitrogens is 2. The standard InChI is InChI=1S/C18H20N6O2/c1-11-7-15-17(9-14(11)21-18(25)10-24(4)22-26)20-16-8-12(23(2)3)5-6-13(16)19-15/h5-9H,10H2,1-4H3,(H,21,25). The second-order valence-corrected chi connectivity index (χ2v) is 6.39. The molecule has 0 aliphatic heterocycles. The maximum Gasteiger partial charge on any atom is 0.245 e. The van der Waals surface area contributed by atoms with E-state index in [0.717, 1.165) is 32.8 Å². The zero-order valence-corrected chi connectivity index (χ0v) is 15.1. The maximum atomic E-state index is 12.0. The average molecular weight is 352 g/mol. The summed E-state index contributed by atoms with van der Waals surface area (Å²) in [5.41, 5.74) is 5.60. The highest BCUT2D eigenvalue weighted by Gasteiger charge is 2.11. The normalized spacial score (nSPS) is 10.8. The Hall–Kier alpha value is -3.29. The summed E-state index contributed by atoms with van der Waals surface area (Å²) in [4.78, 5) is 33.8. The number of fused-ring (bicyclic) bond motifs is 2. The van der Waals surface area contributed by atoms with Crippen molar-refractivity contribution in [2.24, 2.45) is 5.29 Å². The maximum absolute atomic E-state index is 12.0. The first-order valence-corrected chi connectivity index (χ1v) is 8.11. The zero-order chi connectivity index (χ0) is 18.8. The number of rotatable bonds is 5. The number of aryl methyl sites for hydroxylation is 1. The zero-order valence-electron chi connectivity index (χ0n) is 15.1. The fourth-order valence-electron chi connectivity index (χ4n) is 2.66. The molecule has 2 aromatic carbocycles. The Kier molecular flexibility index (Phi) is 4.66. The van der Waals surface area contributed by atoms with Crippen LogP contribution in [0.3, 0.4) is 0 Å². The molecule has 1 aromatic heterocycles. The minimum Gasteiger partial charge on any atom is -0.378 e. The molecule has 0 spiro atoms. The summed E-state index contributed by atoms with van der Waals surface area (Å²) in [6, 6.07) is 9.61. The molecule has 8 nitrogen and oxygen atoms in total. The number of hydrogen-bond donors (Lipinski definition) is 1. The van der Waals surface area contributed by atoms with Gasteiger partial charge in [0.15, 0.2) is 0 Å². The number of benzene rings is 2. The van der Waals surface area contributed by atoms with Crippen LogP contribution in [-0.4, -0.2) is 48.6 Å². The topological polar surface area (TPSA) is 90.8 Å². The Balaban J connectivity index is 2.00. The Morgan fingerprint density at radius 3 is 2.38 bits per heavy atom. The van der Waals surface area contributed by atoms with Gasteiger partial charge in [0.05, 0.1) is 27.4 Å². The summed E-state index contributed by atoms with van der Waals surface area (Å²) in [5, 5.41) is 6.51. The summed E-state index contributed by atoms with van der Waals surface area (Å²) in [7, 11) is 5.38. The van der Waals surface area contributed by atoms with Crippen molar-refractivity contribution in [3.8, 4) is 0 Å². The lowest BCUT2D eigenvalue weighted by Gasteiger charge is -2.14. The van der Waals surface area contributed by atoms with Crippen LogP contribution in [0.4, 0.5) is 11.4 Å². The third kappa shape index (κ3) is 3.53. The number of likely N-dealkylation sites (N-methyl/N-ethyl adjacent to an activating group) is 1. The molecule has 8 heteroatoms. The van der Waals surface area contributed by atoms with Crippen molar-refractivity contribution in [2.45, 2.75) is 6.92 Å². The molecule has 26 heavy (non-hydrogen) atoms. The SMILES string of the molecule is Cc1cc2nc3ccc(N(C)C)cc3nc2cc1NC(=O)CN(C)N=O. The molecule has 0 fully saturated rings. The third-order valence-electron chi connectivity index (χ3n) is 4.06. The average Bonchev–Trinajstić information content (AvgIpc) is 2.60. The van der Waals surface area contributed by atoms with Gasteiger partial charge in [-0.2, -0.15) is 0 Å². The van der Waals surface area contributed by atoms with E-state index in [-0.39, 0.29) is 12.5 Å². The van der Waals surface area contributed by atoms with E-state index in [1.165, 1.54) is 7.05 Å². The van der Waals surface area contributed by atoms with Gasteiger partial charge < -0.3 is 10.2 Å². The van der Waals surface area contributed by atoms with Crippen LogP contribution in [0.15, 0.2) is 35.6 Å². The summed E-state index contributed by atoms with van der Waals surface area (Å²) in [6.07, 6.45) is 0. The third-order valence-corrected chi connectivity index (χ3v) is 4.06. The van der Waals surface area contributed by atoms with Crippen LogP contribution in [0, 0.1) is 11.8 Å². The van der Waals surface area contributed by atoms with E-state index in [2.05, 4.69) is 20.6 Å². The first kappa shape index (κ1) is 17.5. The molecule has 134 valence electrons. The highest BCUT2D eigenvalue weighted by atomic mass is 16.3. The van der Waals surface area contributed by atoms with Crippen molar-refractivity contribution in [3.05, 3.63) is 40.8 Å². The van der Waals surface area contributed by atoms with Gasteiger partial charge in [-0.3, -0.25) is 9.80 Å². The first-order valence-electron chi connectivity index (χ1n) is 8.11. The summed E-state index contributed by atoms with van der Waals surface area (Å²) >= 11 is 0. The predicted molar refractivity (Wildman–Crippen MR) is 103 cm³/mol. The lowest BCUT2D eigenvalue weighted by molar-refractivity contribution is -0.117. The van der Waals surface area contributed by atoms with E-state index < -0.39 is 0 Å². The molecule has 3 rings (SSSR count). The van der Waals surface area contributed by atoms with E-state index in [1.54, 1.807) is 6.07 Å². The smallest absolute Gasteiger partial charge is 0.245 e. The van der Waals surface area contributed by atoms with Crippen molar-refractivity contribution >= 4 is 39.3 Å². The van der Waals surface area contributed by atoms with Gasteiger partial charge in [-0.1, -0.05) is 0 Å². The van der Waals surface area contributed by atoms with Gasteiger partial charge >= 0.3 is 0 Å². The van der Waals surface area contributed by atoms with Crippen LogP contribution < -0.4 is 10.2 Å². The number of carbonyl (C=O) groups is 1. The largest absolute Gasteiger partial charge is 0.378 e. The molecule has 0 saturated carbocycles. The van der Waals surface area contributed by atoms with Gasteiger partial charge in [-0.15, -0.1) is 4.91 Å².